The Labute approximate surface area is 179 Å². The van der Waals surface area contributed by atoms with Crippen LogP contribution in [0.1, 0.15) is 13.8 Å². The maximum atomic E-state index is 12.8. The van der Waals surface area contributed by atoms with Crippen LogP contribution in [0.5, 0.6) is 11.5 Å². The molecule has 0 aliphatic carbocycles. The number of rotatable bonds is 5. The first kappa shape index (κ1) is 19.8. The summed E-state index contributed by atoms with van der Waals surface area (Å²) in [6.45, 7) is 4.31. The van der Waals surface area contributed by atoms with Crippen LogP contribution in [-0.2, 0) is 11.3 Å². The Hall–Kier alpha value is -2.52. The number of hydrogen-bond acceptors (Lipinski definition) is 6. The molecule has 1 amide bonds. The number of halogens is 1. The molecule has 29 heavy (non-hydrogen) atoms. The summed E-state index contributed by atoms with van der Waals surface area (Å²) >= 11 is 4.64. The van der Waals surface area contributed by atoms with Crippen molar-refractivity contribution in [2.45, 2.75) is 30.8 Å². The van der Waals surface area contributed by atoms with Crippen LogP contribution in [-0.4, -0.2) is 27.5 Å². The van der Waals surface area contributed by atoms with Crippen LogP contribution in [0, 0.1) is 0 Å². The number of fused-ring (bicyclic) bond motifs is 2. The molecular weight excluding hydrogens is 458 g/mol. The van der Waals surface area contributed by atoms with Gasteiger partial charge < -0.3 is 14.8 Å². The van der Waals surface area contributed by atoms with Crippen molar-refractivity contribution in [1.29, 1.82) is 0 Å². The number of carbonyl (C=O) groups is 1. The van der Waals surface area contributed by atoms with E-state index in [1.165, 1.54) is 11.8 Å². The summed E-state index contributed by atoms with van der Waals surface area (Å²) in [5, 5.41) is 3.47. The molecule has 3 aromatic rings. The van der Waals surface area contributed by atoms with Crippen LogP contribution in [0.3, 0.4) is 0 Å². The van der Waals surface area contributed by atoms with E-state index in [9.17, 15) is 9.59 Å². The maximum absolute atomic E-state index is 12.8. The van der Waals surface area contributed by atoms with Gasteiger partial charge in [0.05, 0.1) is 16.2 Å². The summed E-state index contributed by atoms with van der Waals surface area (Å²) in [4.78, 5) is 30.1. The molecule has 0 radical (unpaired) electrons. The van der Waals surface area contributed by atoms with Gasteiger partial charge in [0, 0.05) is 22.8 Å². The predicted octanol–water partition coefficient (Wildman–Crippen LogP) is 4.03. The van der Waals surface area contributed by atoms with Crippen LogP contribution < -0.4 is 20.3 Å². The largest absolute Gasteiger partial charge is 0.454 e. The van der Waals surface area contributed by atoms with Crippen LogP contribution in [0.2, 0.25) is 0 Å². The third kappa shape index (κ3) is 3.97. The number of benzene rings is 2. The van der Waals surface area contributed by atoms with Crippen molar-refractivity contribution in [2.24, 2.45) is 0 Å². The predicted molar refractivity (Wildman–Crippen MR) is 116 cm³/mol. The first-order chi connectivity index (χ1) is 14.0. The highest BCUT2D eigenvalue weighted by atomic mass is 79.9. The van der Waals surface area contributed by atoms with Crippen molar-refractivity contribution in [1.82, 2.24) is 9.55 Å². The van der Waals surface area contributed by atoms with Gasteiger partial charge in [0.15, 0.2) is 16.7 Å². The highest BCUT2D eigenvalue weighted by molar-refractivity contribution is 9.10. The first-order valence-electron chi connectivity index (χ1n) is 9.03. The van der Waals surface area contributed by atoms with Crippen molar-refractivity contribution in [3.8, 4) is 11.5 Å². The SMILES string of the molecule is CCn1c(S[C@@H](C)C(=O)Nc2ccc3c(c2)OCO3)nc2ccc(Br)cc2c1=O. The number of hydrogen-bond donors (Lipinski definition) is 1. The van der Waals surface area contributed by atoms with Crippen molar-refractivity contribution < 1.29 is 14.3 Å². The molecule has 2 aromatic carbocycles. The zero-order valence-corrected chi connectivity index (χ0v) is 18.2. The van der Waals surface area contributed by atoms with E-state index in [1.54, 1.807) is 41.8 Å². The number of carbonyl (C=O) groups excluding carboxylic acids is 1. The van der Waals surface area contributed by atoms with Crippen molar-refractivity contribution in [3.63, 3.8) is 0 Å². The Bertz CT molecular complexity index is 1160. The minimum Gasteiger partial charge on any atom is -0.454 e. The van der Waals surface area contributed by atoms with E-state index < -0.39 is 5.25 Å². The minimum atomic E-state index is -0.460. The number of ether oxygens (including phenoxy) is 2. The number of nitrogens with zero attached hydrogens (tertiary/aromatic N) is 2. The lowest BCUT2D eigenvalue weighted by Crippen LogP contribution is -2.26. The monoisotopic (exact) mass is 475 g/mol. The summed E-state index contributed by atoms with van der Waals surface area (Å²) < 4.78 is 13.0. The summed E-state index contributed by atoms with van der Waals surface area (Å²) in [5.74, 6) is 1.07. The molecule has 0 bridgehead atoms. The Morgan fingerprint density at radius 1 is 1.28 bits per heavy atom. The molecule has 1 aliphatic rings. The van der Waals surface area contributed by atoms with Crippen LogP contribution in [0.25, 0.3) is 10.9 Å². The average molecular weight is 476 g/mol. The first-order valence-corrected chi connectivity index (χ1v) is 10.7. The van der Waals surface area contributed by atoms with Gasteiger partial charge in [0.2, 0.25) is 12.7 Å². The lowest BCUT2D eigenvalue weighted by molar-refractivity contribution is -0.115. The molecule has 2 heterocycles. The van der Waals surface area contributed by atoms with Gasteiger partial charge in [-0.2, -0.15) is 0 Å². The number of nitrogens with one attached hydrogen (secondary N) is 1. The summed E-state index contributed by atoms with van der Waals surface area (Å²) in [6.07, 6.45) is 0. The fourth-order valence-electron chi connectivity index (χ4n) is 2.97. The van der Waals surface area contributed by atoms with E-state index in [0.29, 0.717) is 39.8 Å². The molecule has 7 nitrogen and oxygen atoms in total. The molecule has 0 fully saturated rings. The average Bonchev–Trinajstić information content (AvgIpc) is 3.16. The highest BCUT2D eigenvalue weighted by Crippen LogP contribution is 2.34. The second kappa shape index (κ2) is 8.08. The van der Waals surface area contributed by atoms with Gasteiger partial charge >= 0.3 is 0 Å². The van der Waals surface area contributed by atoms with Gasteiger partial charge in [-0.3, -0.25) is 14.2 Å². The summed E-state index contributed by atoms with van der Waals surface area (Å²) in [7, 11) is 0. The Morgan fingerprint density at radius 3 is 2.86 bits per heavy atom. The van der Waals surface area contributed by atoms with E-state index in [-0.39, 0.29) is 18.3 Å². The van der Waals surface area contributed by atoms with Crippen LogP contribution in [0.15, 0.2) is 50.8 Å². The normalized spacial score (nSPS) is 13.5. The van der Waals surface area contributed by atoms with E-state index in [1.807, 2.05) is 13.0 Å². The summed E-state index contributed by atoms with van der Waals surface area (Å²) in [6, 6.07) is 10.6. The van der Waals surface area contributed by atoms with Crippen LogP contribution in [0.4, 0.5) is 5.69 Å². The highest BCUT2D eigenvalue weighted by Gasteiger charge is 2.20. The lowest BCUT2D eigenvalue weighted by atomic mass is 10.2. The minimum absolute atomic E-state index is 0.121. The standard InChI is InChI=1S/C20H18BrN3O4S/c1-3-24-19(26)14-8-12(21)4-6-15(14)23-20(24)29-11(2)18(25)22-13-5-7-16-17(9-13)28-10-27-16/h4-9,11H,3,10H2,1-2H3,(H,22,25)/t11-/m0/s1. The second-order valence-electron chi connectivity index (χ2n) is 6.42. The number of thioether (sulfide) groups is 1. The molecular formula is C20H18BrN3O4S. The zero-order valence-electron chi connectivity index (χ0n) is 15.8. The van der Waals surface area contributed by atoms with E-state index in [0.717, 1.165) is 4.47 Å². The Morgan fingerprint density at radius 2 is 2.07 bits per heavy atom. The molecule has 1 aliphatic heterocycles. The van der Waals surface area contributed by atoms with Crippen LogP contribution >= 0.6 is 27.7 Å². The molecule has 9 heteroatoms. The third-order valence-corrected chi connectivity index (χ3v) is 6.07. The van der Waals surface area contributed by atoms with Crippen molar-refractivity contribution >= 4 is 50.2 Å². The zero-order chi connectivity index (χ0) is 20.5. The molecule has 0 unspecified atom stereocenters. The molecule has 1 N–H and O–H groups in total. The molecule has 0 saturated heterocycles. The smallest absolute Gasteiger partial charge is 0.262 e. The van der Waals surface area contributed by atoms with Gasteiger partial charge in [0.25, 0.3) is 5.56 Å². The van der Waals surface area contributed by atoms with Gasteiger partial charge in [-0.15, -0.1) is 0 Å². The van der Waals surface area contributed by atoms with E-state index in [2.05, 4.69) is 26.2 Å². The molecule has 0 saturated carbocycles. The van der Waals surface area contributed by atoms with Gasteiger partial charge in [-0.25, -0.2) is 4.98 Å². The third-order valence-electron chi connectivity index (χ3n) is 4.49. The second-order valence-corrected chi connectivity index (χ2v) is 8.65. The van der Waals surface area contributed by atoms with E-state index in [4.69, 9.17) is 9.47 Å². The number of aromatic nitrogens is 2. The number of amides is 1. The van der Waals surface area contributed by atoms with Gasteiger partial charge in [-0.05, 0) is 44.2 Å². The number of anilines is 1. The fourth-order valence-corrected chi connectivity index (χ4v) is 4.30. The summed E-state index contributed by atoms with van der Waals surface area (Å²) in [5.41, 5.74) is 1.11. The molecule has 1 atom stereocenters. The molecule has 150 valence electrons. The Kier molecular flexibility index (Phi) is 5.51. The molecule has 0 spiro atoms. The lowest BCUT2D eigenvalue weighted by Gasteiger charge is -2.15. The fraction of sp³-hybridized carbons (Fsp3) is 0.250. The van der Waals surface area contributed by atoms with E-state index >= 15 is 0 Å². The van der Waals surface area contributed by atoms with Gasteiger partial charge in [0.1, 0.15) is 0 Å². The van der Waals surface area contributed by atoms with Crippen molar-refractivity contribution in [3.05, 3.63) is 51.2 Å². The Balaban J connectivity index is 1.56. The van der Waals surface area contributed by atoms with Crippen molar-refractivity contribution in [2.75, 3.05) is 12.1 Å². The topological polar surface area (TPSA) is 82.5 Å². The molecule has 4 rings (SSSR count). The quantitative estimate of drug-likeness (QED) is 0.443. The molecule has 1 aromatic heterocycles. The maximum Gasteiger partial charge on any atom is 0.262 e. The van der Waals surface area contributed by atoms with Gasteiger partial charge in [-0.1, -0.05) is 27.7 Å².